The summed E-state index contributed by atoms with van der Waals surface area (Å²) in [5.41, 5.74) is 0. The van der Waals surface area contributed by atoms with Crippen molar-refractivity contribution in [1.29, 1.82) is 0 Å². The molecule has 0 radical (unpaired) electrons. The van der Waals surface area contributed by atoms with Gasteiger partial charge in [-0.3, -0.25) is 10.1 Å². The second-order valence-corrected chi connectivity index (χ2v) is 2.70. The van der Waals surface area contributed by atoms with Gasteiger partial charge in [-0.1, -0.05) is 6.92 Å². The van der Waals surface area contributed by atoms with E-state index in [1.807, 2.05) is 13.8 Å². The Morgan fingerprint density at radius 3 is 3.00 bits per heavy atom. The van der Waals surface area contributed by atoms with Crippen molar-refractivity contribution in [3.05, 3.63) is 0 Å². The minimum absolute atomic E-state index is 0.0771. The molecule has 0 spiro atoms. The standard InChI is InChI=1S/C8H14N4O2/c1-3-5-6(13)9-7-10-8(12-11-7)14-4-2/h3-5H2,1-2H3,(H2,9,10,11,12,13). The van der Waals surface area contributed by atoms with Crippen LogP contribution in [0.15, 0.2) is 0 Å². The highest BCUT2D eigenvalue weighted by Crippen LogP contribution is 2.05. The fourth-order valence-corrected chi connectivity index (χ4v) is 0.918. The van der Waals surface area contributed by atoms with Crippen LogP contribution in [0.5, 0.6) is 6.01 Å². The molecule has 1 amide bonds. The van der Waals surface area contributed by atoms with Crippen LogP contribution in [0.4, 0.5) is 5.95 Å². The molecule has 1 aromatic heterocycles. The summed E-state index contributed by atoms with van der Waals surface area (Å²) in [4.78, 5) is 15.0. The van der Waals surface area contributed by atoms with Gasteiger partial charge in [-0.05, 0) is 13.3 Å². The van der Waals surface area contributed by atoms with Gasteiger partial charge in [-0.25, -0.2) is 5.10 Å². The molecule has 0 aliphatic carbocycles. The van der Waals surface area contributed by atoms with Crippen LogP contribution in [-0.2, 0) is 4.79 Å². The fraction of sp³-hybridized carbons (Fsp3) is 0.625. The number of nitrogens with zero attached hydrogens (tertiary/aromatic N) is 2. The van der Waals surface area contributed by atoms with Gasteiger partial charge in [0, 0.05) is 6.42 Å². The van der Waals surface area contributed by atoms with Crippen LogP contribution in [0.2, 0.25) is 0 Å². The Bertz CT molecular complexity index is 297. The average Bonchev–Trinajstić information content (AvgIpc) is 2.53. The number of carbonyl (C=O) groups excluding carboxylic acids is 1. The lowest BCUT2D eigenvalue weighted by Crippen LogP contribution is -2.11. The third-order valence-corrected chi connectivity index (χ3v) is 1.47. The molecule has 0 atom stereocenters. The number of rotatable bonds is 5. The van der Waals surface area contributed by atoms with Crippen molar-refractivity contribution in [1.82, 2.24) is 15.2 Å². The number of aromatic nitrogens is 3. The summed E-state index contributed by atoms with van der Waals surface area (Å²) < 4.78 is 5.02. The molecule has 2 N–H and O–H groups in total. The molecule has 6 nitrogen and oxygen atoms in total. The third kappa shape index (κ3) is 3.04. The van der Waals surface area contributed by atoms with E-state index in [9.17, 15) is 4.79 Å². The molecular weight excluding hydrogens is 184 g/mol. The Morgan fingerprint density at radius 1 is 1.57 bits per heavy atom. The first-order valence-electron chi connectivity index (χ1n) is 4.61. The zero-order valence-corrected chi connectivity index (χ0v) is 8.33. The maximum atomic E-state index is 11.1. The number of anilines is 1. The number of hydrogen-bond acceptors (Lipinski definition) is 4. The number of H-pyrrole nitrogens is 1. The molecule has 6 heteroatoms. The highest BCUT2D eigenvalue weighted by atomic mass is 16.5. The summed E-state index contributed by atoms with van der Waals surface area (Å²) in [7, 11) is 0. The van der Waals surface area contributed by atoms with Gasteiger partial charge in [-0.15, -0.1) is 5.10 Å². The molecule has 1 heterocycles. The monoisotopic (exact) mass is 198 g/mol. The van der Waals surface area contributed by atoms with Crippen molar-refractivity contribution in [3.8, 4) is 6.01 Å². The number of aromatic amines is 1. The Kier molecular flexibility index (Phi) is 3.90. The number of amides is 1. The van der Waals surface area contributed by atoms with E-state index in [1.165, 1.54) is 0 Å². The Hall–Kier alpha value is -1.59. The van der Waals surface area contributed by atoms with Gasteiger partial charge in [0.25, 0.3) is 0 Å². The zero-order valence-electron chi connectivity index (χ0n) is 8.33. The summed E-state index contributed by atoms with van der Waals surface area (Å²) in [6.45, 7) is 4.28. The van der Waals surface area contributed by atoms with Crippen LogP contribution < -0.4 is 10.1 Å². The van der Waals surface area contributed by atoms with Crippen LogP contribution in [0.3, 0.4) is 0 Å². The maximum Gasteiger partial charge on any atom is 0.337 e. The van der Waals surface area contributed by atoms with E-state index in [1.54, 1.807) is 0 Å². The molecule has 0 fully saturated rings. The third-order valence-electron chi connectivity index (χ3n) is 1.47. The van der Waals surface area contributed by atoms with Crippen molar-refractivity contribution in [3.63, 3.8) is 0 Å². The molecule has 0 unspecified atom stereocenters. The maximum absolute atomic E-state index is 11.1. The molecule has 14 heavy (non-hydrogen) atoms. The lowest BCUT2D eigenvalue weighted by molar-refractivity contribution is -0.116. The van der Waals surface area contributed by atoms with Gasteiger partial charge in [0.2, 0.25) is 11.9 Å². The van der Waals surface area contributed by atoms with Crippen LogP contribution >= 0.6 is 0 Å². The second kappa shape index (κ2) is 5.21. The van der Waals surface area contributed by atoms with Gasteiger partial charge >= 0.3 is 6.01 Å². The van der Waals surface area contributed by atoms with Crippen LogP contribution in [0.25, 0.3) is 0 Å². The predicted octanol–water partition coefficient (Wildman–Crippen LogP) is 0.942. The average molecular weight is 198 g/mol. The second-order valence-electron chi connectivity index (χ2n) is 2.70. The first-order valence-corrected chi connectivity index (χ1v) is 4.61. The quantitative estimate of drug-likeness (QED) is 0.738. The summed E-state index contributed by atoms with van der Waals surface area (Å²) >= 11 is 0. The first-order chi connectivity index (χ1) is 6.76. The van der Waals surface area contributed by atoms with E-state index in [-0.39, 0.29) is 11.9 Å². The van der Waals surface area contributed by atoms with Gasteiger partial charge in [0.1, 0.15) is 0 Å². The smallest absolute Gasteiger partial charge is 0.337 e. The molecule has 0 aliphatic rings. The van der Waals surface area contributed by atoms with E-state index in [2.05, 4.69) is 20.5 Å². The van der Waals surface area contributed by atoms with E-state index in [0.717, 1.165) is 6.42 Å². The van der Waals surface area contributed by atoms with Crippen molar-refractivity contribution in [2.75, 3.05) is 11.9 Å². The Labute approximate surface area is 82.1 Å². The predicted molar refractivity (Wildman–Crippen MR) is 51.1 cm³/mol. The molecule has 0 aliphatic heterocycles. The van der Waals surface area contributed by atoms with Crippen LogP contribution in [0, 0.1) is 0 Å². The lowest BCUT2D eigenvalue weighted by atomic mass is 10.3. The summed E-state index contributed by atoms with van der Waals surface area (Å²) in [6.07, 6.45) is 1.28. The molecule has 1 rings (SSSR count). The van der Waals surface area contributed by atoms with Gasteiger partial charge in [0.15, 0.2) is 0 Å². The van der Waals surface area contributed by atoms with Crippen molar-refractivity contribution >= 4 is 11.9 Å². The molecule has 0 bridgehead atoms. The van der Waals surface area contributed by atoms with Crippen LogP contribution in [0.1, 0.15) is 26.7 Å². The van der Waals surface area contributed by atoms with Crippen molar-refractivity contribution in [2.24, 2.45) is 0 Å². The summed E-state index contributed by atoms with van der Waals surface area (Å²) in [5.74, 6) is 0.249. The van der Waals surface area contributed by atoms with Crippen molar-refractivity contribution in [2.45, 2.75) is 26.7 Å². The number of hydrogen-bond donors (Lipinski definition) is 2. The van der Waals surface area contributed by atoms with Gasteiger partial charge in [-0.2, -0.15) is 4.98 Å². The topological polar surface area (TPSA) is 79.9 Å². The molecule has 78 valence electrons. The molecule has 0 saturated carbocycles. The number of nitrogens with one attached hydrogen (secondary N) is 2. The lowest BCUT2D eigenvalue weighted by Gasteiger charge is -1.97. The van der Waals surface area contributed by atoms with Gasteiger partial charge < -0.3 is 4.74 Å². The Balaban J connectivity index is 2.46. The van der Waals surface area contributed by atoms with Crippen molar-refractivity contribution < 1.29 is 9.53 Å². The highest BCUT2D eigenvalue weighted by Gasteiger charge is 2.06. The molecule has 1 aromatic rings. The fourth-order valence-electron chi connectivity index (χ4n) is 0.918. The minimum Gasteiger partial charge on any atom is -0.463 e. The molecule has 0 aromatic carbocycles. The normalized spacial score (nSPS) is 9.86. The highest BCUT2D eigenvalue weighted by molar-refractivity contribution is 5.88. The van der Waals surface area contributed by atoms with Gasteiger partial charge in [0.05, 0.1) is 6.61 Å². The molecular formula is C8H14N4O2. The Morgan fingerprint density at radius 2 is 2.36 bits per heavy atom. The van der Waals surface area contributed by atoms with E-state index in [4.69, 9.17) is 4.74 Å². The largest absolute Gasteiger partial charge is 0.463 e. The molecule has 0 saturated heterocycles. The SMILES string of the molecule is CCCC(=O)Nc1nc(OCC)n[nH]1. The van der Waals surface area contributed by atoms with E-state index < -0.39 is 0 Å². The number of ether oxygens (including phenoxy) is 1. The number of carbonyl (C=O) groups is 1. The summed E-state index contributed by atoms with van der Waals surface area (Å²) in [6, 6.07) is 0.249. The zero-order chi connectivity index (χ0) is 10.4. The minimum atomic E-state index is -0.0771. The van der Waals surface area contributed by atoms with E-state index >= 15 is 0 Å². The van der Waals surface area contributed by atoms with Crippen LogP contribution in [-0.4, -0.2) is 27.7 Å². The summed E-state index contributed by atoms with van der Waals surface area (Å²) in [5, 5.41) is 8.88. The first kappa shape index (κ1) is 10.5. The van der Waals surface area contributed by atoms with E-state index in [0.29, 0.717) is 19.0 Å².